The van der Waals surface area contributed by atoms with E-state index in [0.29, 0.717) is 30.3 Å². The molecular formula is C19H21ClN4O5S. The van der Waals surface area contributed by atoms with Crippen molar-refractivity contribution in [2.24, 2.45) is 11.1 Å². The monoisotopic (exact) mass is 452 g/mol. The van der Waals surface area contributed by atoms with Crippen LogP contribution in [0, 0.1) is 5.92 Å². The number of amides is 2. The van der Waals surface area contributed by atoms with Crippen molar-refractivity contribution in [3.63, 3.8) is 0 Å². The van der Waals surface area contributed by atoms with Crippen molar-refractivity contribution in [2.45, 2.75) is 17.7 Å². The molecule has 0 radical (unpaired) electrons. The van der Waals surface area contributed by atoms with E-state index in [1.54, 1.807) is 6.07 Å². The molecule has 1 saturated heterocycles. The summed E-state index contributed by atoms with van der Waals surface area (Å²) < 4.78 is 29.3. The highest BCUT2D eigenvalue weighted by Crippen LogP contribution is 2.21. The number of hydrogen-bond acceptors (Lipinski definition) is 6. The lowest BCUT2D eigenvalue weighted by Gasteiger charge is -2.13. The maximum absolute atomic E-state index is 12.5. The van der Waals surface area contributed by atoms with Crippen molar-refractivity contribution < 1.29 is 22.7 Å². The predicted octanol–water partition coefficient (Wildman–Crippen LogP) is 1.33. The van der Waals surface area contributed by atoms with Crippen molar-refractivity contribution in [1.82, 2.24) is 10.3 Å². The van der Waals surface area contributed by atoms with Gasteiger partial charge in [-0.15, -0.1) is 0 Å². The number of benzene rings is 1. The predicted molar refractivity (Wildman–Crippen MR) is 111 cm³/mol. The highest BCUT2D eigenvalue weighted by Gasteiger charge is 2.22. The number of nitrogens with two attached hydrogens (primary N) is 1. The van der Waals surface area contributed by atoms with E-state index in [0.717, 1.165) is 12.5 Å². The first kappa shape index (κ1) is 22.2. The minimum Gasteiger partial charge on any atom is -0.381 e. The first-order valence-corrected chi connectivity index (χ1v) is 11.1. The van der Waals surface area contributed by atoms with Gasteiger partial charge in [0, 0.05) is 37.2 Å². The standard InChI is InChI=1S/C19H21ClN4O5S/c20-16-10-22-5-3-13(16)7-18(25)24-14-1-2-15(17(8-14)30(21,27)28)19(26)23-9-12-4-6-29-11-12/h1-3,5,8,10,12H,4,6-7,9,11H2,(H,23,26)(H,24,25)(H2,21,27,28). The summed E-state index contributed by atoms with van der Waals surface area (Å²) in [7, 11) is -4.21. The highest BCUT2D eigenvalue weighted by atomic mass is 35.5. The third kappa shape index (κ3) is 5.76. The lowest BCUT2D eigenvalue weighted by Crippen LogP contribution is -2.31. The number of ether oxygens (including phenoxy) is 1. The molecule has 1 aromatic heterocycles. The van der Waals surface area contributed by atoms with E-state index in [-0.39, 0.29) is 28.5 Å². The van der Waals surface area contributed by atoms with Gasteiger partial charge in [-0.1, -0.05) is 11.6 Å². The second kappa shape index (κ2) is 9.52. The van der Waals surface area contributed by atoms with Gasteiger partial charge in [0.15, 0.2) is 0 Å². The average Bonchev–Trinajstić information content (AvgIpc) is 3.21. The van der Waals surface area contributed by atoms with Crippen molar-refractivity contribution >= 4 is 39.1 Å². The quantitative estimate of drug-likeness (QED) is 0.578. The van der Waals surface area contributed by atoms with Gasteiger partial charge in [-0.2, -0.15) is 0 Å². The third-order valence-corrected chi connectivity index (χ3v) is 5.89. The van der Waals surface area contributed by atoms with E-state index in [1.807, 2.05) is 0 Å². The van der Waals surface area contributed by atoms with Crippen LogP contribution in [0.4, 0.5) is 5.69 Å². The van der Waals surface area contributed by atoms with Crippen LogP contribution in [0.5, 0.6) is 0 Å². The number of nitrogens with one attached hydrogen (secondary N) is 2. The second-order valence-corrected chi connectivity index (χ2v) is 8.82. The van der Waals surface area contributed by atoms with Gasteiger partial charge in [-0.25, -0.2) is 13.6 Å². The van der Waals surface area contributed by atoms with Crippen LogP contribution in [-0.2, 0) is 26.0 Å². The van der Waals surface area contributed by atoms with E-state index in [1.165, 1.54) is 24.5 Å². The Morgan fingerprint density at radius 1 is 1.30 bits per heavy atom. The fourth-order valence-electron chi connectivity index (χ4n) is 3.03. The number of carbonyl (C=O) groups is 2. The molecule has 0 bridgehead atoms. The van der Waals surface area contributed by atoms with Gasteiger partial charge in [-0.3, -0.25) is 14.6 Å². The Labute approximate surface area is 179 Å². The molecular weight excluding hydrogens is 432 g/mol. The highest BCUT2D eigenvalue weighted by molar-refractivity contribution is 7.89. The Hall–Kier alpha value is -2.53. The van der Waals surface area contributed by atoms with E-state index < -0.39 is 21.8 Å². The van der Waals surface area contributed by atoms with E-state index >= 15 is 0 Å². The number of carbonyl (C=O) groups excluding carboxylic acids is 2. The topological polar surface area (TPSA) is 140 Å². The third-order valence-electron chi connectivity index (χ3n) is 4.60. The van der Waals surface area contributed by atoms with E-state index in [2.05, 4.69) is 15.6 Å². The zero-order valence-corrected chi connectivity index (χ0v) is 17.5. The summed E-state index contributed by atoms with van der Waals surface area (Å²) in [6.07, 6.45) is 3.74. The van der Waals surface area contributed by atoms with Gasteiger partial charge >= 0.3 is 0 Å². The Balaban J connectivity index is 1.74. The van der Waals surface area contributed by atoms with Crippen LogP contribution < -0.4 is 15.8 Å². The van der Waals surface area contributed by atoms with Crippen LogP contribution in [0.2, 0.25) is 5.02 Å². The number of aromatic nitrogens is 1. The van der Waals surface area contributed by atoms with Crippen LogP contribution >= 0.6 is 11.6 Å². The molecule has 4 N–H and O–H groups in total. The second-order valence-electron chi connectivity index (χ2n) is 6.89. The summed E-state index contributed by atoms with van der Waals surface area (Å²) in [6.45, 7) is 1.56. The molecule has 1 unspecified atom stereocenters. The zero-order chi connectivity index (χ0) is 21.7. The van der Waals surface area contributed by atoms with Crippen LogP contribution in [0.25, 0.3) is 0 Å². The molecule has 2 heterocycles. The van der Waals surface area contributed by atoms with E-state index in [4.69, 9.17) is 21.5 Å². The number of nitrogens with zero attached hydrogens (tertiary/aromatic N) is 1. The molecule has 1 aliphatic rings. The van der Waals surface area contributed by atoms with Crippen LogP contribution in [0.3, 0.4) is 0 Å². The van der Waals surface area contributed by atoms with Gasteiger partial charge in [0.1, 0.15) is 0 Å². The van der Waals surface area contributed by atoms with E-state index in [9.17, 15) is 18.0 Å². The first-order chi connectivity index (χ1) is 14.2. The van der Waals surface area contributed by atoms with Gasteiger partial charge in [0.25, 0.3) is 5.91 Å². The fraction of sp³-hybridized carbons (Fsp3) is 0.316. The number of rotatable bonds is 7. The molecule has 1 atom stereocenters. The van der Waals surface area contributed by atoms with Gasteiger partial charge in [-0.05, 0) is 36.2 Å². The molecule has 9 nitrogen and oxygen atoms in total. The zero-order valence-electron chi connectivity index (χ0n) is 15.9. The normalized spacial score (nSPS) is 16.3. The van der Waals surface area contributed by atoms with Gasteiger partial charge in [0.05, 0.1) is 28.5 Å². The molecule has 1 aliphatic heterocycles. The minimum absolute atomic E-state index is 0.0300. The number of primary sulfonamides is 1. The number of sulfonamides is 1. The molecule has 0 saturated carbocycles. The number of anilines is 1. The maximum Gasteiger partial charge on any atom is 0.252 e. The SMILES string of the molecule is NS(=O)(=O)c1cc(NC(=O)Cc2ccncc2Cl)ccc1C(=O)NCC1CCOC1. The minimum atomic E-state index is -4.21. The summed E-state index contributed by atoms with van der Waals surface area (Å²) in [4.78, 5) is 28.3. The largest absolute Gasteiger partial charge is 0.381 e. The summed E-state index contributed by atoms with van der Waals surface area (Å²) in [5.41, 5.74) is 0.671. The molecule has 0 aliphatic carbocycles. The van der Waals surface area contributed by atoms with Crippen LogP contribution in [-0.4, -0.2) is 45.0 Å². The first-order valence-electron chi connectivity index (χ1n) is 9.15. The molecule has 2 amide bonds. The smallest absolute Gasteiger partial charge is 0.252 e. The molecule has 0 spiro atoms. The number of hydrogen-bond donors (Lipinski definition) is 3. The summed E-state index contributed by atoms with van der Waals surface area (Å²) in [5, 5.41) is 10.9. The van der Waals surface area contributed by atoms with Crippen molar-refractivity contribution in [3.8, 4) is 0 Å². The Morgan fingerprint density at radius 2 is 2.10 bits per heavy atom. The molecule has 2 aromatic rings. The Kier molecular flexibility index (Phi) is 7.03. The van der Waals surface area contributed by atoms with Crippen molar-refractivity contribution in [3.05, 3.63) is 52.8 Å². The Bertz CT molecular complexity index is 1050. The maximum atomic E-state index is 12.5. The summed E-state index contributed by atoms with van der Waals surface area (Å²) in [6, 6.07) is 5.53. The van der Waals surface area contributed by atoms with Gasteiger partial charge < -0.3 is 15.4 Å². The fourth-order valence-corrected chi connectivity index (χ4v) is 3.97. The lowest BCUT2D eigenvalue weighted by molar-refractivity contribution is -0.115. The number of halogens is 1. The van der Waals surface area contributed by atoms with Crippen LogP contribution in [0.1, 0.15) is 22.3 Å². The van der Waals surface area contributed by atoms with Crippen molar-refractivity contribution in [1.29, 1.82) is 0 Å². The molecule has 30 heavy (non-hydrogen) atoms. The van der Waals surface area contributed by atoms with Crippen molar-refractivity contribution in [2.75, 3.05) is 25.1 Å². The number of pyridine rings is 1. The Morgan fingerprint density at radius 3 is 2.77 bits per heavy atom. The molecule has 1 fully saturated rings. The average molecular weight is 453 g/mol. The van der Waals surface area contributed by atoms with Crippen LogP contribution in [0.15, 0.2) is 41.6 Å². The lowest BCUT2D eigenvalue weighted by atomic mass is 10.1. The summed E-state index contributed by atoms with van der Waals surface area (Å²) >= 11 is 6.00. The van der Waals surface area contributed by atoms with Gasteiger partial charge in [0.2, 0.25) is 15.9 Å². The molecule has 1 aromatic carbocycles. The molecule has 160 valence electrons. The summed E-state index contributed by atoms with van der Waals surface area (Å²) in [5.74, 6) is -0.792. The molecule has 11 heteroatoms. The molecule has 3 rings (SSSR count).